The molecule has 0 aliphatic carbocycles. The second kappa shape index (κ2) is 6.01. The molecule has 1 rings (SSSR count). The Kier molecular flexibility index (Phi) is 4.93. The second-order valence-electron chi connectivity index (χ2n) is 3.42. The largest absolute Gasteiger partial charge is 0.338 e. The minimum absolute atomic E-state index is 0.00449. The van der Waals surface area contributed by atoms with E-state index in [9.17, 15) is 9.00 Å². The van der Waals surface area contributed by atoms with E-state index in [4.69, 9.17) is 0 Å². The summed E-state index contributed by atoms with van der Waals surface area (Å²) in [7, 11) is -0.706. The van der Waals surface area contributed by atoms with Crippen LogP contribution in [-0.2, 0) is 10.8 Å². The molecular weight excluding hydrogens is 200 g/mol. The van der Waals surface area contributed by atoms with Gasteiger partial charge in [-0.15, -0.1) is 0 Å². The third-order valence-electron chi connectivity index (χ3n) is 2.27. The molecular formula is C9H18N2O2S. The van der Waals surface area contributed by atoms with Crippen LogP contribution in [0.2, 0.25) is 0 Å². The summed E-state index contributed by atoms with van der Waals surface area (Å²) < 4.78 is 11.0. The lowest BCUT2D eigenvalue weighted by Gasteiger charge is -2.26. The van der Waals surface area contributed by atoms with Crippen LogP contribution in [0.3, 0.4) is 0 Å². The van der Waals surface area contributed by atoms with Crippen molar-refractivity contribution in [3.05, 3.63) is 0 Å². The fourth-order valence-corrected chi connectivity index (χ4v) is 2.38. The first-order valence-electron chi connectivity index (χ1n) is 5.11. The highest BCUT2D eigenvalue weighted by molar-refractivity contribution is 7.85. The van der Waals surface area contributed by atoms with Gasteiger partial charge in [0.1, 0.15) is 0 Å². The van der Waals surface area contributed by atoms with Gasteiger partial charge in [-0.1, -0.05) is 13.3 Å². The lowest BCUT2D eigenvalue weighted by molar-refractivity contribution is 0.202. The average Bonchev–Trinajstić information content (AvgIpc) is 2.19. The number of carbonyl (C=O) groups is 1. The lowest BCUT2D eigenvalue weighted by atomic mass is 10.3. The molecule has 1 N–H and O–H groups in total. The van der Waals surface area contributed by atoms with Crippen LogP contribution in [0.5, 0.6) is 0 Å². The molecule has 14 heavy (non-hydrogen) atoms. The van der Waals surface area contributed by atoms with Crippen molar-refractivity contribution in [2.75, 3.05) is 31.1 Å². The van der Waals surface area contributed by atoms with Crippen LogP contribution in [0.15, 0.2) is 0 Å². The van der Waals surface area contributed by atoms with E-state index in [1.165, 1.54) is 0 Å². The number of nitrogens with zero attached hydrogens (tertiary/aromatic N) is 1. The Hall–Kier alpha value is -0.580. The average molecular weight is 218 g/mol. The monoisotopic (exact) mass is 218 g/mol. The van der Waals surface area contributed by atoms with Gasteiger partial charge in [0, 0.05) is 41.9 Å². The zero-order valence-electron chi connectivity index (χ0n) is 8.62. The highest BCUT2D eigenvalue weighted by Crippen LogP contribution is 2.00. The molecule has 0 aromatic rings. The van der Waals surface area contributed by atoms with Gasteiger partial charge in [0.25, 0.3) is 0 Å². The molecule has 4 nitrogen and oxygen atoms in total. The highest BCUT2D eigenvalue weighted by Gasteiger charge is 2.19. The lowest BCUT2D eigenvalue weighted by Crippen LogP contribution is -2.47. The molecule has 0 spiro atoms. The number of unbranched alkanes of at least 4 members (excludes halogenated alkanes) is 1. The van der Waals surface area contributed by atoms with Crippen molar-refractivity contribution in [1.82, 2.24) is 10.2 Å². The zero-order valence-corrected chi connectivity index (χ0v) is 9.44. The summed E-state index contributed by atoms with van der Waals surface area (Å²) in [5.74, 6) is 1.25. The third kappa shape index (κ3) is 3.65. The second-order valence-corrected chi connectivity index (χ2v) is 5.12. The van der Waals surface area contributed by atoms with Crippen molar-refractivity contribution in [2.45, 2.75) is 19.8 Å². The molecule has 1 fully saturated rings. The molecule has 0 atom stereocenters. The predicted molar refractivity (Wildman–Crippen MR) is 57.8 cm³/mol. The smallest absolute Gasteiger partial charge is 0.317 e. The van der Waals surface area contributed by atoms with E-state index in [-0.39, 0.29) is 6.03 Å². The van der Waals surface area contributed by atoms with Crippen molar-refractivity contribution in [1.29, 1.82) is 0 Å². The van der Waals surface area contributed by atoms with Crippen molar-refractivity contribution < 1.29 is 9.00 Å². The maximum atomic E-state index is 11.5. The molecule has 0 radical (unpaired) electrons. The summed E-state index contributed by atoms with van der Waals surface area (Å²) >= 11 is 0. The van der Waals surface area contributed by atoms with Gasteiger partial charge in [-0.3, -0.25) is 4.21 Å². The fourth-order valence-electron chi connectivity index (χ4n) is 1.32. The van der Waals surface area contributed by atoms with Crippen molar-refractivity contribution >= 4 is 16.8 Å². The van der Waals surface area contributed by atoms with Crippen LogP contribution in [0.4, 0.5) is 4.79 Å². The van der Waals surface area contributed by atoms with E-state index < -0.39 is 10.8 Å². The maximum absolute atomic E-state index is 11.5. The first kappa shape index (κ1) is 11.5. The molecule has 1 aliphatic heterocycles. The van der Waals surface area contributed by atoms with E-state index >= 15 is 0 Å². The van der Waals surface area contributed by atoms with Crippen molar-refractivity contribution in [2.24, 2.45) is 0 Å². The number of hydrogen-bond acceptors (Lipinski definition) is 2. The minimum Gasteiger partial charge on any atom is -0.338 e. The maximum Gasteiger partial charge on any atom is 0.317 e. The number of rotatable bonds is 3. The molecule has 0 unspecified atom stereocenters. The van der Waals surface area contributed by atoms with E-state index in [0.29, 0.717) is 24.6 Å². The highest BCUT2D eigenvalue weighted by atomic mass is 32.2. The quantitative estimate of drug-likeness (QED) is 0.704. The standard InChI is InChI=1S/C9H18N2O2S/c1-2-3-4-10-9(12)11-5-7-14(13)8-6-11/h2-8H2,1H3,(H,10,12). The molecule has 82 valence electrons. The topological polar surface area (TPSA) is 49.4 Å². The van der Waals surface area contributed by atoms with E-state index in [1.54, 1.807) is 4.90 Å². The van der Waals surface area contributed by atoms with Crippen LogP contribution in [0.25, 0.3) is 0 Å². The Morgan fingerprint density at radius 2 is 2.07 bits per heavy atom. The summed E-state index contributed by atoms with van der Waals surface area (Å²) in [4.78, 5) is 13.2. The molecule has 0 aromatic heterocycles. The van der Waals surface area contributed by atoms with E-state index in [2.05, 4.69) is 12.2 Å². The first-order valence-corrected chi connectivity index (χ1v) is 6.60. The summed E-state index contributed by atoms with van der Waals surface area (Å²) in [5, 5.41) is 2.86. The molecule has 1 aliphatic rings. The number of carbonyl (C=O) groups excluding carboxylic acids is 1. The Labute approximate surface area is 87.5 Å². The van der Waals surface area contributed by atoms with Crippen molar-refractivity contribution in [3.63, 3.8) is 0 Å². The van der Waals surface area contributed by atoms with E-state index in [0.717, 1.165) is 19.4 Å². The number of hydrogen-bond donors (Lipinski definition) is 1. The molecule has 5 heteroatoms. The predicted octanol–water partition coefficient (Wildman–Crippen LogP) is 0.560. The molecule has 0 bridgehead atoms. The summed E-state index contributed by atoms with van der Waals surface area (Å²) in [6, 6.07) is -0.00449. The van der Waals surface area contributed by atoms with Gasteiger partial charge in [-0.2, -0.15) is 0 Å². The van der Waals surface area contributed by atoms with Gasteiger partial charge < -0.3 is 10.2 Å². The van der Waals surface area contributed by atoms with Gasteiger partial charge in [0.2, 0.25) is 0 Å². The summed E-state index contributed by atoms with van der Waals surface area (Å²) in [6.45, 7) is 4.10. The molecule has 0 saturated carbocycles. The normalized spacial score (nSPS) is 18.2. The SMILES string of the molecule is CCCCNC(=O)N1CCS(=O)CC1. The molecule has 0 aromatic carbocycles. The molecule has 2 amide bonds. The summed E-state index contributed by atoms with van der Waals surface area (Å²) in [5.41, 5.74) is 0. The third-order valence-corrected chi connectivity index (χ3v) is 3.55. The van der Waals surface area contributed by atoms with Gasteiger partial charge in [-0.05, 0) is 6.42 Å². The zero-order chi connectivity index (χ0) is 10.4. The van der Waals surface area contributed by atoms with Crippen LogP contribution in [0.1, 0.15) is 19.8 Å². The van der Waals surface area contributed by atoms with Crippen LogP contribution < -0.4 is 5.32 Å². The Bertz CT molecular complexity index is 211. The van der Waals surface area contributed by atoms with Gasteiger partial charge in [0.05, 0.1) is 0 Å². The first-order chi connectivity index (χ1) is 6.74. The van der Waals surface area contributed by atoms with Gasteiger partial charge in [0.15, 0.2) is 0 Å². The van der Waals surface area contributed by atoms with Gasteiger partial charge in [-0.25, -0.2) is 4.79 Å². The van der Waals surface area contributed by atoms with E-state index in [1.807, 2.05) is 0 Å². The molecule has 1 saturated heterocycles. The Morgan fingerprint density at radius 3 is 2.64 bits per heavy atom. The van der Waals surface area contributed by atoms with Crippen LogP contribution in [0, 0.1) is 0 Å². The van der Waals surface area contributed by atoms with Gasteiger partial charge >= 0.3 is 6.03 Å². The summed E-state index contributed by atoms with van der Waals surface area (Å²) in [6.07, 6.45) is 2.11. The minimum atomic E-state index is -0.706. The van der Waals surface area contributed by atoms with Crippen LogP contribution >= 0.6 is 0 Å². The van der Waals surface area contributed by atoms with Crippen molar-refractivity contribution in [3.8, 4) is 0 Å². The van der Waals surface area contributed by atoms with Crippen LogP contribution in [-0.4, -0.2) is 46.3 Å². The molecule has 1 heterocycles. The number of urea groups is 1. The Balaban J connectivity index is 2.20. The Morgan fingerprint density at radius 1 is 1.43 bits per heavy atom. The number of nitrogens with one attached hydrogen (secondary N) is 1. The fraction of sp³-hybridized carbons (Fsp3) is 0.889. The number of amides is 2.